The van der Waals surface area contributed by atoms with E-state index in [0.29, 0.717) is 12.8 Å². The average Bonchev–Trinajstić information content (AvgIpc) is 2.92. The van der Waals surface area contributed by atoms with E-state index in [4.69, 9.17) is 23.7 Å². The van der Waals surface area contributed by atoms with Crippen LogP contribution in [0.25, 0.3) is 0 Å². The lowest BCUT2D eigenvalue weighted by atomic mass is 9.77. The van der Waals surface area contributed by atoms with Gasteiger partial charge in [0.1, 0.15) is 11.7 Å². The van der Waals surface area contributed by atoms with Crippen LogP contribution in [-0.2, 0) is 28.5 Å². The Balaban J connectivity index is 2.04. The molecule has 0 bridgehead atoms. The third-order valence-corrected chi connectivity index (χ3v) is 5.33. The Kier molecular flexibility index (Phi) is 4.05. The molecular formula is C17H28O7. The Bertz CT molecular complexity index is 520. The predicted octanol–water partition coefficient (Wildman–Crippen LogP) is 1.85. The maximum absolute atomic E-state index is 12.7. The molecule has 0 aromatic heterocycles. The highest BCUT2D eigenvalue weighted by Gasteiger charge is 2.69. The number of esters is 1. The minimum atomic E-state index is -1.34. The van der Waals surface area contributed by atoms with Crippen molar-refractivity contribution >= 4 is 5.97 Å². The number of fused-ring (bicyclic) bond motifs is 2. The molecular weight excluding hydrogens is 316 g/mol. The van der Waals surface area contributed by atoms with Gasteiger partial charge in [0.15, 0.2) is 17.7 Å². The van der Waals surface area contributed by atoms with Gasteiger partial charge in [-0.05, 0) is 40.5 Å². The quantitative estimate of drug-likeness (QED) is 0.782. The van der Waals surface area contributed by atoms with Crippen LogP contribution in [0.5, 0.6) is 0 Å². The van der Waals surface area contributed by atoms with Gasteiger partial charge in [-0.1, -0.05) is 13.8 Å². The molecule has 3 fully saturated rings. The summed E-state index contributed by atoms with van der Waals surface area (Å²) < 4.78 is 29.4. The predicted molar refractivity (Wildman–Crippen MR) is 82.8 cm³/mol. The summed E-state index contributed by atoms with van der Waals surface area (Å²) in [6, 6.07) is 0. The van der Waals surface area contributed by atoms with Gasteiger partial charge < -0.3 is 28.8 Å². The molecule has 0 unspecified atom stereocenters. The second-order valence-electron chi connectivity index (χ2n) is 7.85. The average molecular weight is 344 g/mol. The van der Waals surface area contributed by atoms with Crippen molar-refractivity contribution in [2.24, 2.45) is 0 Å². The van der Waals surface area contributed by atoms with Crippen LogP contribution in [0.15, 0.2) is 0 Å². The van der Waals surface area contributed by atoms with E-state index < -0.39 is 47.2 Å². The molecule has 3 saturated heterocycles. The largest absolute Gasteiger partial charge is 0.431 e. The zero-order chi connectivity index (χ0) is 18.0. The smallest absolute Gasteiger partial charge is 0.340 e. The van der Waals surface area contributed by atoms with Crippen LogP contribution in [-0.4, -0.2) is 52.4 Å². The molecule has 3 heterocycles. The first kappa shape index (κ1) is 18.1. The van der Waals surface area contributed by atoms with Gasteiger partial charge in [0.25, 0.3) is 0 Å². The number of ether oxygens (including phenoxy) is 5. The molecule has 0 saturated carbocycles. The fraction of sp³-hybridized carbons (Fsp3) is 0.941. The van der Waals surface area contributed by atoms with Gasteiger partial charge in [-0.2, -0.15) is 0 Å². The molecule has 3 aliphatic heterocycles. The molecule has 0 spiro atoms. The summed E-state index contributed by atoms with van der Waals surface area (Å²) in [5.74, 6) is -2.38. The first-order valence-corrected chi connectivity index (χ1v) is 8.64. The van der Waals surface area contributed by atoms with E-state index >= 15 is 0 Å². The topological polar surface area (TPSA) is 83.5 Å². The minimum absolute atomic E-state index is 0.239. The van der Waals surface area contributed by atoms with Gasteiger partial charge >= 0.3 is 5.97 Å². The van der Waals surface area contributed by atoms with Crippen molar-refractivity contribution in [2.75, 3.05) is 0 Å². The highest BCUT2D eigenvalue weighted by molar-refractivity contribution is 5.78. The molecule has 24 heavy (non-hydrogen) atoms. The Labute approximate surface area is 142 Å². The number of carbonyl (C=O) groups is 1. The van der Waals surface area contributed by atoms with Gasteiger partial charge in [0.2, 0.25) is 6.29 Å². The van der Waals surface area contributed by atoms with Crippen LogP contribution in [0.1, 0.15) is 60.8 Å². The third-order valence-electron chi connectivity index (χ3n) is 5.33. The van der Waals surface area contributed by atoms with Crippen LogP contribution in [0.3, 0.4) is 0 Å². The molecule has 0 aromatic rings. The van der Waals surface area contributed by atoms with Crippen LogP contribution < -0.4 is 0 Å². The van der Waals surface area contributed by atoms with Gasteiger partial charge in [-0.3, -0.25) is 0 Å². The fourth-order valence-corrected chi connectivity index (χ4v) is 3.88. The number of carbonyl (C=O) groups excluding carboxylic acids is 1. The Morgan fingerprint density at radius 1 is 1.17 bits per heavy atom. The highest BCUT2D eigenvalue weighted by Crippen LogP contribution is 2.52. The van der Waals surface area contributed by atoms with Crippen molar-refractivity contribution in [1.82, 2.24) is 0 Å². The molecule has 3 aliphatic rings. The molecule has 1 N–H and O–H groups in total. The first-order valence-electron chi connectivity index (χ1n) is 8.64. The fourth-order valence-electron chi connectivity index (χ4n) is 3.88. The van der Waals surface area contributed by atoms with Crippen LogP contribution in [0.4, 0.5) is 0 Å². The van der Waals surface area contributed by atoms with Gasteiger partial charge in [0, 0.05) is 6.42 Å². The standard InChI is InChI=1S/C17H28O7/c1-7-16(8-2)22-11-12(18)20-13-10(21-15(5,6)23-13)9-17(11,24-16)14(3,4)19/h10-11,13,19H,7-9H2,1-6H3/t10-,11+,13-,17-/m1/s1. The van der Waals surface area contributed by atoms with Crippen molar-refractivity contribution in [3.8, 4) is 0 Å². The normalized spacial score (nSPS) is 40.6. The minimum Gasteiger partial charge on any atom is -0.431 e. The summed E-state index contributed by atoms with van der Waals surface area (Å²) >= 11 is 0. The number of hydrogen-bond donors (Lipinski definition) is 1. The molecule has 138 valence electrons. The van der Waals surface area contributed by atoms with E-state index in [1.54, 1.807) is 27.7 Å². The zero-order valence-corrected chi connectivity index (χ0v) is 15.3. The summed E-state index contributed by atoms with van der Waals surface area (Å²) in [4.78, 5) is 12.7. The summed E-state index contributed by atoms with van der Waals surface area (Å²) in [5, 5.41) is 10.9. The van der Waals surface area contributed by atoms with E-state index in [0.717, 1.165) is 0 Å². The number of rotatable bonds is 3. The SMILES string of the molecule is CCC1(CC)O[C@H]2C(=O)O[C@@H]3OC(C)(C)O[C@@H]3C[C@@]2(C(C)(C)O)O1. The zero-order valence-electron chi connectivity index (χ0n) is 15.3. The van der Waals surface area contributed by atoms with Crippen LogP contribution >= 0.6 is 0 Å². The maximum atomic E-state index is 12.7. The second-order valence-corrected chi connectivity index (χ2v) is 7.85. The van der Waals surface area contributed by atoms with Crippen molar-refractivity contribution in [1.29, 1.82) is 0 Å². The van der Waals surface area contributed by atoms with E-state index in [-0.39, 0.29) is 6.42 Å². The monoisotopic (exact) mass is 344 g/mol. The molecule has 0 radical (unpaired) electrons. The molecule has 0 aromatic carbocycles. The Hall–Kier alpha value is -0.730. The van der Waals surface area contributed by atoms with Gasteiger partial charge in [-0.15, -0.1) is 0 Å². The summed E-state index contributed by atoms with van der Waals surface area (Å²) in [6.07, 6.45) is -1.04. The molecule has 4 atom stereocenters. The van der Waals surface area contributed by atoms with Gasteiger partial charge in [-0.25, -0.2) is 4.79 Å². The number of hydrogen-bond acceptors (Lipinski definition) is 7. The van der Waals surface area contributed by atoms with Crippen LogP contribution in [0.2, 0.25) is 0 Å². The lowest BCUT2D eigenvalue weighted by Gasteiger charge is -2.42. The van der Waals surface area contributed by atoms with Crippen molar-refractivity contribution in [3.63, 3.8) is 0 Å². The molecule has 7 nitrogen and oxygen atoms in total. The van der Waals surface area contributed by atoms with Crippen molar-refractivity contribution in [3.05, 3.63) is 0 Å². The van der Waals surface area contributed by atoms with E-state index in [1.807, 2.05) is 13.8 Å². The molecule has 0 amide bonds. The second kappa shape index (κ2) is 5.38. The Morgan fingerprint density at radius 2 is 1.79 bits per heavy atom. The molecule has 3 rings (SSSR count). The van der Waals surface area contributed by atoms with Gasteiger partial charge in [0.05, 0.1) is 5.60 Å². The van der Waals surface area contributed by atoms with E-state index in [2.05, 4.69) is 0 Å². The first-order chi connectivity index (χ1) is 11.0. The third kappa shape index (κ3) is 2.57. The molecule has 0 aliphatic carbocycles. The molecule has 7 heteroatoms. The van der Waals surface area contributed by atoms with E-state index in [9.17, 15) is 9.90 Å². The summed E-state index contributed by atoms with van der Waals surface area (Å²) in [5.41, 5.74) is -2.60. The number of aliphatic hydroxyl groups is 1. The lowest BCUT2D eigenvalue weighted by Crippen LogP contribution is -2.60. The maximum Gasteiger partial charge on any atom is 0.340 e. The summed E-state index contributed by atoms with van der Waals surface area (Å²) in [6.45, 7) is 10.6. The lowest BCUT2D eigenvalue weighted by molar-refractivity contribution is -0.236. The van der Waals surface area contributed by atoms with Crippen molar-refractivity contribution in [2.45, 2.75) is 102 Å². The summed E-state index contributed by atoms with van der Waals surface area (Å²) in [7, 11) is 0. The van der Waals surface area contributed by atoms with E-state index in [1.165, 1.54) is 0 Å². The highest BCUT2D eigenvalue weighted by atomic mass is 16.8. The Morgan fingerprint density at radius 3 is 2.33 bits per heavy atom. The van der Waals surface area contributed by atoms with Crippen LogP contribution in [0, 0.1) is 0 Å². The van der Waals surface area contributed by atoms with Crippen molar-refractivity contribution < 1.29 is 33.6 Å².